The number of rotatable bonds is 3. The SMILES string of the molecule is O=C(Nc1ccc(-c2ccccc2)cc1)Nc1ccc2c(c1)CCNCC2. The fourth-order valence-corrected chi connectivity index (χ4v) is 3.42. The molecule has 4 rings (SSSR count). The van der Waals surface area contributed by atoms with Gasteiger partial charge in [-0.3, -0.25) is 0 Å². The molecule has 3 aromatic carbocycles. The molecule has 4 heteroatoms. The van der Waals surface area contributed by atoms with Crippen molar-refractivity contribution in [3.63, 3.8) is 0 Å². The first-order chi connectivity index (χ1) is 13.3. The van der Waals surface area contributed by atoms with Gasteiger partial charge in [0.05, 0.1) is 0 Å². The van der Waals surface area contributed by atoms with Crippen molar-refractivity contribution in [3.05, 3.63) is 83.9 Å². The van der Waals surface area contributed by atoms with Crippen molar-refractivity contribution in [2.45, 2.75) is 12.8 Å². The molecule has 0 aromatic heterocycles. The van der Waals surface area contributed by atoms with E-state index in [1.807, 2.05) is 48.5 Å². The standard InChI is InChI=1S/C23H23N3O/c27-23(26-22-11-8-19-12-14-24-15-13-20(19)16-22)25-21-9-6-18(7-10-21)17-4-2-1-3-5-17/h1-11,16,24H,12-15H2,(H2,25,26,27). The van der Waals surface area contributed by atoms with Crippen LogP contribution < -0.4 is 16.0 Å². The lowest BCUT2D eigenvalue weighted by atomic mass is 10.0. The molecule has 136 valence electrons. The van der Waals surface area contributed by atoms with Gasteiger partial charge in [-0.05, 0) is 72.5 Å². The number of carbonyl (C=O) groups is 1. The summed E-state index contributed by atoms with van der Waals surface area (Å²) in [5, 5.41) is 9.24. The van der Waals surface area contributed by atoms with Crippen molar-refractivity contribution in [1.82, 2.24) is 5.32 Å². The Kier molecular flexibility index (Phi) is 5.17. The molecule has 0 bridgehead atoms. The highest BCUT2D eigenvalue weighted by Gasteiger charge is 2.09. The smallest absolute Gasteiger partial charge is 0.316 e. The van der Waals surface area contributed by atoms with Crippen LogP contribution in [0.25, 0.3) is 11.1 Å². The number of hydrogen-bond acceptors (Lipinski definition) is 2. The van der Waals surface area contributed by atoms with Crippen molar-refractivity contribution in [1.29, 1.82) is 0 Å². The zero-order valence-electron chi connectivity index (χ0n) is 15.2. The van der Waals surface area contributed by atoms with Crippen LogP contribution in [0.3, 0.4) is 0 Å². The predicted octanol–water partition coefficient (Wildman–Crippen LogP) is 4.69. The molecule has 0 aliphatic carbocycles. The molecule has 0 saturated heterocycles. The van der Waals surface area contributed by atoms with Gasteiger partial charge in [0.15, 0.2) is 0 Å². The second kappa shape index (κ2) is 8.06. The molecule has 3 aromatic rings. The van der Waals surface area contributed by atoms with Crippen LogP contribution in [0.1, 0.15) is 11.1 Å². The van der Waals surface area contributed by atoms with Crippen LogP contribution in [0, 0.1) is 0 Å². The van der Waals surface area contributed by atoms with Crippen LogP contribution in [0.5, 0.6) is 0 Å². The van der Waals surface area contributed by atoms with E-state index in [1.54, 1.807) is 0 Å². The minimum atomic E-state index is -0.228. The van der Waals surface area contributed by atoms with E-state index in [2.05, 4.69) is 40.2 Å². The molecule has 1 aliphatic rings. The third-order valence-electron chi connectivity index (χ3n) is 4.86. The van der Waals surface area contributed by atoms with Crippen molar-refractivity contribution in [3.8, 4) is 11.1 Å². The van der Waals surface area contributed by atoms with Gasteiger partial charge in [-0.15, -0.1) is 0 Å². The summed E-state index contributed by atoms with van der Waals surface area (Å²) in [5.41, 5.74) is 6.56. The Bertz CT molecular complexity index is 920. The minimum Gasteiger partial charge on any atom is -0.316 e. The van der Waals surface area contributed by atoms with Crippen molar-refractivity contribution < 1.29 is 4.79 Å². The van der Waals surface area contributed by atoms with E-state index >= 15 is 0 Å². The number of nitrogens with one attached hydrogen (secondary N) is 3. The number of fused-ring (bicyclic) bond motifs is 1. The molecule has 1 aliphatic heterocycles. The number of carbonyl (C=O) groups excluding carboxylic acids is 1. The molecule has 1 heterocycles. The van der Waals surface area contributed by atoms with Crippen LogP contribution in [0.2, 0.25) is 0 Å². The van der Waals surface area contributed by atoms with Crippen LogP contribution in [0.4, 0.5) is 16.2 Å². The topological polar surface area (TPSA) is 53.2 Å². The van der Waals surface area contributed by atoms with Gasteiger partial charge in [0.25, 0.3) is 0 Å². The average Bonchev–Trinajstić information content (AvgIpc) is 2.94. The summed E-state index contributed by atoms with van der Waals surface area (Å²) in [7, 11) is 0. The van der Waals surface area contributed by atoms with Crippen LogP contribution in [-0.4, -0.2) is 19.1 Å². The summed E-state index contributed by atoms with van der Waals surface area (Å²) in [6.07, 6.45) is 2.03. The first-order valence-electron chi connectivity index (χ1n) is 9.34. The molecule has 27 heavy (non-hydrogen) atoms. The zero-order valence-corrected chi connectivity index (χ0v) is 15.2. The predicted molar refractivity (Wildman–Crippen MR) is 111 cm³/mol. The van der Waals surface area contributed by atoms with E-state index in [4.69, 9.17) is 0 Å². The minimum absolute atomic E-state index is 0.228. The van der Waals surface area contributed by atoms with E-state index < -0.39 is 0 Å². The summed E-state index contributed by atoms with van der Waals surface area (Å²) in [6, 6.07) is 24.0. The lowest BCUT2D eigenvalue weighted by Crippen LogP contribution is -2.19. The lowest BCUT2D eigenvalue weighted by Gasteiger charge is -2.11. The third kappa shape index (κ3) is 4.36. The molecule has 0 saturated carbocycles. The number of hydrogen-bond donors (Lipinski definition) is 3. The van der Waals surface area contributed by atoms with Gasteiger partial charge in [-0.2, -0.15) is 0 Å². The Morgan fingerprint density at radius 3 is 2.11 bits per heavy atom. The van der Waals surface area contributed by atoms with Crippen molar-refractivity contribution in [2.75, 3.05) is 23.7 Å². The van der Waals surface area contributed by atoms with Gasteiger partial charge in [0, 0.05) is 11.4 Å². The first kappa shape index (κ1) is 17.3. The van der Waals surface area contributed by atoms with Crippen molar-refractivity contribution in [2.24, 2.45) is 0 Å². The fourth-order valence-electron chi connectivity index (χ4n) is 3.42. The highest BCUT2D eigenvalue weighted by Crippen LogP contribution is 2.22. The second-order valence-corrected chi connectivity index (χ2v) is 6.76. The summed E-state index contributed by atoms with van der Waals surface area (Å²) in [4.78, 5) is 12.3. The van der Waals surface area contributed by atoms with E-state index in [0.29, 0.717) is 0 Å². The molecule has 3 N–H and O–H groups in total. The third-order valence-corrected chi connectivity index (χ3v) is 4.86. The summed E-state index contributed by atoms with van der Waals surface area (Å²) >= 11 is 0. The van der Waals surface area contributed by atoms with Gasteiger partial charge >= 0.3 is 6.03 Å². The molecular weight excluding hydrogens is 334 g/mol. The fraction of sp³-hybridized carbons (Fsp3) is 0.174. The molecule has 0 spiro atoms. The first-order valence-corrected chi connectivity index (χ1v) is 9.34. The van der Waals surface area contributed by atoms with Crippen molar-refractivity contribution >= 4 is 17.4 Å². The molecule has 2 amide bonds. The van der Waals surface area contributed by atoms with Gasteiger partial charge in [-0.25, -0.2) is 4.79 Å². The Labute approximate surface area is 159 Å². The highest BCUT2D eigenvalue weighted by atomic mass is 16.2. The molecule has 0 unspecified atom stereocenters. The van der Waals surface area contributed by atoms with Crippen LogP contribution in [-0.2, 0) is 12.8 Å². The molecule has 4 nitrogen and oxygen atoms in total. The quantitative estimate of drug-likeness (QED) is 0.637. The van der Waals surface area contributed by atoms with Gasteiger partial charge in [0.2, 0.25) is 0 Å². The number of amides is 2. The summed E-state index contributed by atoms with van der Waals surface area (Å²) in [5.74, 6) is 0. The van der Waals surface area contributed by atoms with Gasteiger partial charge in [0.1, 0.15) is 0 Å². The second-order valence-electron chi connectivity index (χ2n) is 6.76. The molecular formula is C23H23N3O. The van der Waals surface area contributed by atoms with E-state index in [1.165, 1.54) is 11.1 Å². The Morgan fingerprint density at radius 1 is 0.704 bits per heavy atom. The van der Waals surface area contributed by atoms with E-state index in [-0.39, 0.29) is 6.03 Å². The molecule has 0 radical (unpaired) electrons. The molecule has 0 fully saturated rings. The maximum Gasteiger partial charge on any atom is 0.323 e. The normalized spacial score (nSPS) is 13.3. The van der Waals surface area contributed by atoms with Crippen LogP contribution in [0.15, 0.2) is 72.8 Å². The van der Waals surface area contributed by atoms with E-state index in [0.717, 1.165) is 48.4 Å². The largest absolute Gasteiger partial charge is 0.323 e. The lowest BCUT2D eigenvalue weighted by molar-refractivity contribution is 0.262. The maximum absolute atomic E-state index is 12.3. The van der Waals surface area contributed by atoms with Crippen LogP contribution >= 0.6 is 0 Å². The number of urea groups is 1. The average molecular weight is 357 g/mol. The monoisotopic (exact) mass is 357 g/mol. The molecule has 0 atom stereocenters. The van der Waals surface area contributed by atoms with Gasteiger partial charge in [-0.1, -0.05) is 48.5 Å². The Morgan fingerprint density at radius 2 is 1.33 bits per heavy atom. The zero-order chi connectivity index (χ0) is 18.5. The van der Waals surface area contributed by atoms with Gasteiger partial charge < -0.3 is 16.0 Å². The summed E-state index contributed by atoms with van der Waals surface area (Å²) < 4.78 is 0. The van der Waals surface area contributed by atoms with E-state index in [9.17, 15) is 4.79 Å². The maximum atomic E-state index is 12.3. The Balaban J connectivity index is 1.40. The highest BCUT2D eigenvalue weighted by molar-refractivity contribution is 5.99. The number of anilines is 2. The summed E-state index contributed by atoms with van der Waals surface area (Å²) in [6.45, 7) is 2.00. The number of benzene rings is 3. The Hall–Kier alpha value is -3.11.